The van der Waals surface area contributed by atoms with Crippen LogP contribution < -0.4 is 5.32 Å². The molecule has 0 saturated carbocycles. The highest BCUT2D eigenvalue weighted by molar-refractivity contribution is 5.80. The molecular formula is C16H23N5O2. The lowest BCUT2D eigenvalue weighted by Crippen LogP contribution is -2.40. The van der Waals surface area contributed by atoms with Crippen LogP contribution in [0.3, 0.4) is 0 Å². The molecule has 1 N–H and O–H groups in total. The Morgan fingerprint density at radius 3 is 3.09 bits per heavy atom. The lowest BCUT2D eigenvalue weighted by Gasteiger charge is -2.21. The first-order chi connectivity index (χ1) is 11.2. The molecule has 3 rings (SSSR count). The van der Waals surface area contributed by atoms with Crippen LogP contribution >= 0.6 is 0 Å². The zero-order valence-corrected chi connectivity index (χ0v) is 13.6. The Morgan fingerprint density at radius 1 is 1.48 bits per heavy atom. The van der Waals surface area contributed by atoms with Crippen LogP contribution in [0.5, 0.6) is 0 Å². The average molecular weight is 317 g/mol. The number of aryl methyl sites for hydroxylation is 1. The van der Waals surface area contributed by atoms with Gasteiger partial charge < -0.3 is 10.1 Å². The van der Waals surface area contributed by atoms with E-state index in [1.54, 1.807) is 12.4 Å². The monoisotopic (exact) mass is 317 g/mol. The van der Waals surface area contributed by atoms with Crippen LogP contribution in [0.1, 0.15) is 32.1 Å². The van der Waals surface area contributed by atoms with Gasteiger partial charge in [-0.15, -0.1) is 0 Å². The van der Waals surface area contributed by atoms with Gasteiger partial charge in [0.25, 0.3) is 0 Å². The zero-order valence-electron chi connectivity index (χ0n) is 13.6. The minimum atomic E-state index is -0.214. The molecule has 2 aromatic rings. The van der Waals surface area contributed by atoms with Gasteiger partial charge in [0.15, 0.2) is 0 Å². The van der Waals surface area contributed by atoms with E-state index in [2.05, 4.69) is 15.5 Å². The van der Waals surface area contributed by atoms with Gasteiger partial charge in [-0.2, -0.15) is 10.2 Å². The van der Waals surface area contributed by atoms with Crippen LogP contribution in [0, 0.1) is 5.92 Å². The summed E-state index contributed by atoms with van der Waals surface area (Å²) in [5, 5.41) is 11.5. The molecule has 1 amide bonds. The molecule has 3 atom stereocenters. The third-order valence-electron chi connectivity index (χ3n) is 4.18. The number of carbonyl (C=O) groups is 1. The summed E-state index contributed by atoms with van der Waals surface area (Å²) >= 11 is 0. The topological polar surface area (TPSA) is 74.0 Å². The van der Waals surface area contributed by atoms with Gasteiger partial charge in [0.2, 0.25) is 5.91 Å². The Hall–Kier alpha value is -2.15. The summed E-state index contributed by atoms with van der Waals surface area (Å²) in [7, 11) is 0. The van der Waals surface area contributed by atoms with Gasteiger partial charge in [-0.1, -0.05) is 0 Å². The number of nitrogens with zero attached hydrogens (tertiary/aromatic N) is 4. The molecule has 1 aliphatic heterocycles. The van der Waals surface area contributed by atoms with E-state index in [1.165, 1.54) is 0 Å². The largest absolute Gasteiger partial charge is 0.371 e. The predicted octanol–water partition coefficient (Wildman–Crippen LogP) is 1.38. The van der Waals surface area contributed by atoms with E-state index in [9.17, 15) is 4.79 Å². The Labute approximate surface area is 135 Å². The second-order valence-electron chi connectivity index (χ2n) is 5.90. The minimum absolute atomic E-state index is 0.0136. The molecular weight excluding hydrogens is 294 g/mol. The highest BCUT2D eigenvalue weighted by Crippen LogP contribution is 2.34. The molecule has 1 fully saturated rings. The first-order valence-electron chi connectivity index (χ1n) is 8.10. The number of amides is 1. The van der Waals surface area contributed by atoms with Crippen molar-refractivity contribution in [3.05, 3.63) is 36.4 Å². The van der Waals surface area contributed by atoms with Gasteiger partial charge in [-0.25, -0.2) is 0 Å². The van der Waals surface area contributed by atoms with E-state index in [1.807, 2.05) is 41.5 Å². The summed E-state index contributed by atoms with van der Waals surface area (Å²) in [6.07, 6.45) is 5.91. The standard InChI is InChI=1S/C16H23N5O2/c1-3-21-14(5-8-18-21)15-13(6-10-23-15)16(22)19-12(2)11-20-9-4-7-17-20/h4-5,7-9,12-13,15H,3,6,10-11H2,1-2H3,(H,19,22)/t12?,13-,15-/m1/s1. The lowest BCUT2D eigenvalue weighted by atomic mass is 9.97. The van der Waals surface area contributed by atoms with Crippen LogP contribution in [0.4, 0.5) is 0 Å². The van der Waals surface area contributed by atoms with Gasteiger partial charge >= 0.3 is 0 Å². The van der Waals surface area contributed by atoms with Crippen molar-refractivity contribution in [1.82, 2.24) is 24.9 Å². The summed E-state index contributed by atoms with van der Waals surface area (Å²) in [5.41, 5.74) is 0.977. The first kappa shape index (κ1) is 15.7. The molecule has 1 aliphatic rings. The highest BCUT2D eigenvalue weighted by Gasteiger charge is 2.37. The van der Waals surface area contributed by atoms with Crippen LogP contribution in [0.2, 0.25) is 0 Å². The maximum absolute atomic E-state index is 12.6. The summed E-state index contributed by atoms with van der Waals surface area (Å²) in [4.78, 5) is 12.6. The molecule has 7 nitrogen and oxygen atoms in total. The van der Waals surface area contributed by atoms with Gasteiger partial charge in [0.1, 0.15) is 6.10 Å². The quantitative estimate of drug-likeness (QED) is 0.873. The Balaban J connectivity index is 1.64. The Morgan fingerprint density at radius 2 is 2.35 bits per heavy atom. The van der Waals surface area contributed by atoms with Crippen molar-refractivity contribution < 1.29 is 9.53 Å². The van der Waals surface area contributed by atoms with Gasteiger partial charge in [-0.3, -0.25) is 14.2 Å². The van der Waals surface area contributed by atoms with Crippen LogP contribution in [-0.4, -0.2) is 38.1 Å². The third-order valence-corrected chi connectivity index (χ3v) is 4.18. The van der Waals surface area contributed by atoms with E-state index in [0.29, 0.717) is 13.2 Å². The molecule has 23 heavy (non-hydrogen) atoms. The van der Waals surface area contributed by atoms with Crippen molar-refractivity contribution in [2.24, 2.45) is 5.92 Å². The number of aromatic nitrogens is 4. The second kappa shape index (κ2) is 6.95. The first-order valence-corrected chi connectivity index (χ1v) is 8.10. The highest BCUT2D eigenvalue weighted by atomic mass is 16.5. The fourth-order valence-corrected chi connectivity index (χ4v) is 3.08. The van der Waals surface area contributed by atoms with Crippen molar-refractivity contribution in [1.29, 1.82) is 0 Å². The van der Waals surface area contributed by atoms with E-state index in [0.717, 1.165) is 18.7 Å². The second-order valence-corrected chi connectivity index (χ2v) is 5.90. The summed E-state index contributed by atoms with van der Waals surface area (Å²) in [6, 6.07) is 3.83. The number of hydrogen-bond acceptors (Lipinski definition) is 4. The Kier molecular flexibility index (Phi) is 4.76. The minimum Gasteiger partial charge on any atom is -0.371 e. The Bertz CT molecular complexity index is 637. The maximum Gasteiger partial charge on any atom is 0.226 e. The van der Waals surface area contributed by atoms with Gasteiger partial charge in [-0.05, 0) is 32.4 Å². The smallest absolute Gasteiger partial charge is 0.226 e. The molecule has 0 aromatic carbocycles. The fraction of sp³-hybridized carbons (Fsp3) is 0.562. The average Bonchev–Trinajstić information content (AvgIpc) is 3.27. The van der Waals surface area contributed by atoms with Crippen LogP contribution in [-0.2, 0) is 22.6 Å². The number of ether oxygens (including phenoxy) is 1. The van der Waals surface area contributed by atoms with E-state index in [-0.39, 0.29) is 24.0 Å². The molecule has 0 radical (unpaired) electrons. The summed E-state index contributed by atoms with van der Waals surface area (Å²) in [6.45, 7) is 6.05. The van der Waals surface area contributed by atoms with Crippen molar-refractivity contribution in [2.75, 3.05) is 6.61 Å². The molecule has 0 aliphatic carbocycles. The molecule has 1 unspecified atom stereocenters. The summed E-state index contributed by atoms with van der Waals surface area (Å²) < 4.78 is 9.53. The SMILES string of the molecule is CCn1nccc1[C@@H]1OCC[C@H]1C(=O)NC(C)Cn1cccn1. The predicted molar refractivity (Wildman–Crippen MR) is 84.5 cm³/mol. The van der Waals surface area contributed by atoms with Gasteiger partial charge in [0.05, 0.1) is 18.2 Å². The van der Waals surface area contributed by atoms with E-state index < -0.39 is 0 Å². The number of hydrogen-bond donors (Lipinski definition) is 1. The fourth-order valence-electron chi connectivity index (χ4n) is 3.08. The lowest BCUT2D eigenvalue weighted by molar-refractivity contribution is -0.127. The van der Waals surface area contributed by atoms with Crippen molar-refractivity contribution in [3.63, 3.8) is 0 Å². The van der Waals surface area contributed by atoms with Crippen molar-refractivity contribution in [3.8, 4) is 0 Å². The number of carbonyl (C=O) groups excluding carboxylic acids is 1. The molecule has 2 aromatic heterocycles. The molecule has 7 heteroatoms. The third kappa shape index (κ3) is 3.44. The maximum atomic E-state index is 12.6. The normalized spacial score (nSPS) is 22.2. The zero-order chi connectivity index (χ0) is 16.2. The molecule has 124 valence electrons. The van der Waals surface area contributed by atoms with Crippen LogP contribution in [0.15, 0.2) is 30.7 Å². The van der Waals surface area contributed by atoms with E-state index >= 15 is 0 Å². The van der Waals surface area contributed by atoms with E-state index in [4.69, 9.17) is 4.74 Å². The van der Waals surface area contributed by atoms with Crippen molar-refractivity contribution >= 4 is 5.91 Å². The molecule has 1 saturated heterocycles. The number of rotatable bonds is 6. The van der Waals surface area contributed by atoms with Crippen molar-refractivity contribution in [2.45, 2.75) is 45.5 Å². The summed E-state index contributed by atoms with van der Waals surface area (Å²) in [5.74, 6) is -0.131. The number of nitrogens with one attached hydrogen (secondary N) is 1. The van der Waals surface area contributed by atoms with Crippen LogP contribution in [0.25, 0.3) is 0 Å². The van der Waals surface area contributed by atoms with Gasteiger partial charge in [0, 0.05) is 37.8 Å². The molecule has 0 spiro atoms. The molecule has 3 heterocycles. The molecule has 0 bridgehead atoms.